The summed E-state index contributed by atoms with van der Waals surface area (Å²) in [4.78, 5) is 11.7. The zero-order chi connectivity index (χ0) is 12.3. The first-order valence-electron chi connectivity index (χ1n) is 4.97. The topological polar surface area (TPSA) is 29.1 Å². The van der Waals surface area contributed by atoms with Gasteiger partial charge in [0.05, 0.1) is 0 Å². The predicted molar refractivity (Wildman–Crippen MR) is 60.8 cm³/mol. The van der Waals surface area contributed by atoms with Crippen LogP contribution in [-0.4, -0.2) is 5.91 Å². The maximum Gasteiger partial charge on any atom is 0.255 e. The van der Waals surface area contributed by atoms with Gasteiger partial charge in [0.1, 0.15) is 11.6 Å². The minimum atomic E-state index is -0.775. The van der Waals surface area contributed by atoms with Crippen LogP contribution in [0.15, 0.2) is 48.5 Å². The Kier molecular flexibility index (Phi) is 3.14. The van der Waals surface area contributed by atoms with Gasteiger partial charge in [0.15, 0.2) is 0 Å². The quantitative estimate of drug-likeness (QED) is 0.847. The van der Waals surface area contributed by atoms with Gasteiger partial charge in [-0.15, -0.1) is 0 Å². The second-order valence-corrected chi connectivity index (χ2v) is 3.48. The molecule has 2 nitrogen and oxygen atoms in total. The molecule has 17 heavy (non-hydrogen) atoms. The monoisotopic (exact) mass is 233 g/mol. The number of rotatable bonds is 2. The molecule has 0 saturated heterocycles. The molecule has 0 radical (unpaired) electrons. The molecule has 0 atom stereocenters. The Balaban J connectivity index is 2.20. The lowest BCUT2D eigenvalue weighted by Gasteiger charge is -2.05. The third-order valence-electron chi connectivity index (χ3n) is 2.16. The highest BCUT2D eigenvalue weighted by atomic mass is 19.1. The zero-order valence-electron chi connectivity index (χ0n) is 8.78. The van der Waals surface area contributed by atoms with E-state index in [4.69, 9.17) is 0 Å². The predicted octanol–water partition coefficient (Wildman–Crippen LogP) is 3.22. The Hall–Kier alpha value is -2.23. The molecule has 1 N–H and O–H groups in total. The summed E-state index contributed by atoms with van der Waals surface area (Å²) in [5, 5.41) is 2.54. The van der Waals surface area contributed by atoms with Crippen molar-refractivity contribution in [2.45, 2.75) is 0 Å². The second kappa shape index (κ2) is 4.74. The number of hydrogen-bond acceptors (Lipinski definition) is 1. The van der Waals surface area contributed by atoms with E-state index < -0.39 is 17.5 Å². The Morgan fingerprint density at radius 1 is 0.941 bits per heavy atom. The molecule has 0 spiro atoms. The summed E-state index contributed by atoms with van der Waals surface area (Å²) in [6, 6.07) is 11.4. The van der Waals surface area contributed by atoms with E-state index in [1.54, 1.807) is 30.3 Å². The van der Waals surface area contributed by atoms with Crippen LogP contribution in [0.4, 0.5) is 14.5 Å². The number of halogens is 2. The Morgan fingerprint density at radius 2 is 1.53 bits per heavy atom. The first kappa shape index (κ1) is 11.3. The number of amides is 1. The van der Waals surface area contributed by atoms with E-state index in [0.717, 1.165) is 18.2 Å². The van der Waals surface area contributed by atoms with E-state index >= 15 is 0 Å². The lowest BCUT2D eigenvalue weighted by atomic mass is 10.2. The smallest absolute Gasteiger partial charge is 0.255 e. The summed E-state index contributed by atoms with van der Waals surface area (Å²) in [5.41, 5.74) is 0.522. The fourth-order valence-electron chi connectivity index (χ4n) is 1.41. The Labute approximate surface area is 96.9 Å². The van der Waals surface area contributed by atoms with E-state index in [-0.39, 0.29) is 5.56 Å². The Morgan fingerprint density at radius 3 is 2.12 bits per heavy atom. The van der Waals surface area contributed by atoms with Crippen LogP contribution in [0.3, 0.4) is 0 Å². The number of para-hydroxylation sites is 1. The first-order valence-corrected chi connectivity index (χ1v) is 4.97. The molecule has 0 heterocycles. The van der Waals surface area contributed by atoms with Crippen LogP contribution in [0.2, 0.25) is 0 Å². The van der Waals surface area contributed by atoms with Crippen LogP contribution in [-0.2, 0) is 0 Å². The molecule has 86 valence electrons. The van der Waals surface area contributed by atoms with Gasteiger partial charge in [-0.2, -0.15) is 0 Å². The zero-order valence-corrected chi connectivity index (χ0v) is 8.78. The van der Waals surface area contributed by atoms with Crippen molar-refractivity contribution in [3.63, 3.8) is 0 Å². The van der Waals surface area contributed by atoms with Gasteiger partial charge in [-0.3, -0.25) is 4.79 Å². The van der Waals surface area contributed by atoms with Crippen molar-refractivity contribution < 1.29 is 13.6 Å². The maximum absolute atomic E-state index is 12.9. The number of nitrogens with one attached hydrogen (secondary N) is 1. The molecule has 0 unspecified atom stereocenters. The second-order valence-electron chi connectivity index (χ2n) is 3.48. The maximum atomic E-state index is 12.9. The highest BCUT2D eigenvalue weighted by Gasteiger charge is 2.09. The molecule has 0 aromatic heterocycles. The minimum absolute atomic E-state index is 0.0497. The normalized spacial score (nSPS) is 10.0. The Bertz CT molecular complexity index is 520. The van der Waals surface area contributed by atoms with Crippen LogP contribution in [0, 0.1) is 11.6 Å². The molecule has 0 fully saturated rings. The lowest BCUT2D eigenvalue weighted by molar-refractivity contribution is 0.102. The third-order valence-corrected chi connectivity index (χ3v) is 2.16. The van der Waals surface area contributed by atoms with E-state index in [9.17, 15) is 13.6 Å². The van der Waals surface area contributed by atoms with Crippen molar-refractivity contribution in [2.24, 2.45) is 0 Å². The number of anilines is 1. The average molecular weight is 233 g/mol. The fourth-order valence-corrected chi connectivity index (χ4v) is 1.41. The van der Waals surface area contributed by atoms with Crippen molar-refractivity contribution in [2.75, 3.05) is 5.32 Å². The number of carbonyl (C=O) groups is 1. The average Bonchev–Trinajstić information content (AvgIpc) is 2.29. The number of carbonyl (C=O) groups excluding carboxylic acids is 1. The molecule has 0 aliphatic heterocycles. The van der Waals surface area contributed by atoms with Gasteiger partial charge in [0, 0.05) is 17.3 Å². The highest BCUT2D eigenvalue weighted by Crippen LogP contribution is 2.11. The van der Waals surface area contributed by atoms with E-state index in [0.29, 0.717) is 5.69 Å². The van der Waals surface area contributed by atoms with Crippen molar-refractivity contribution in [1.29, 1.82) is 0 Å². The summed E-state index contributed by atoms with van der Waals surface area (Å²) in [6.07, 6.45) is 0. The first-order chi connectivity index (χ1) is 8.15. The summed E-state index contributed by atoms with van der Waals surface area (Å²) in [6.45, 7) is 0. The van der Waals surface area contributed by atoms with Gasteiger partial charge in [-0.25, -0.2) is 8.78 Å². The molecular weight excluding hydrogens is 224 g/mol. The largest absolute Gasteiger partial charge is 0.322 e. The van der Waals surface area contributed by atoms with Crippen molar-refractivity contribution in [3.8, 4) is 0 Å². The molecule has 2 aromatic carbocycles. The standard InChI is InChI=1S/C13H9F2NO/c14-10-6-9(7-11(15)8-10)13(17)16-12-4-2-1-3-5-12/h1-8H,(H,16,17). The molecule has 2 rings (SSSR count). The van der Waals surface area contributed by atoms with Crippen molar-refractivity contribution >= 4 is 11.6 Å². The minimum Gasteiger partial charge on any atom is -0.322 e. The van der Waals surface area contributed by atoms with Gasteiger partial charge in [-0.05, 0) is 24.3 Å². The van der Waals surface area contributed by atoms with E-state index in [1.165, 1.54) is 0 Å². The summed E-state index contributed by atoms with van der Waals surface area (Å²) in [7, 11) is 0. The SMILES string of the molecule is O=C(Nc1ccccc1)c1cc(F)cc(F)c1. The van der Waals surface area contributed by atoms with Gasteiger partial charge < -0.3 is 5.32 Å². The third kappa shape index (κ3) is 2.87. The van der Waals surface area contributed by atoms with Crippen LogP contribution in [0.5, 0.6) is 0 Å². The highest BCUT2D eigenvalue weighted by molar-refractivity contribution is 6.04. The van der Waals surface area contributed by atoms with Gasteiger partial charge in [-0.1, -0.05) is 18.2 Å². The van der Waals surface area contributed by atoms with Crippen molar-refractivity contribution in [1.82, 2.24) is 0 Å². The lowest BCUT2D eigenvalue weighted by Crippen LogP contribution is -2.12. The molecule has 0 saturated carbocycles. The summed E-state index contributed by atoms with van der Waals surface area (Å²) >= 11 is 0. The molecular formula is C13H9F2NO. The molecule has 2 aromatic rings. The summed E-state index contributed by atoms with van der Waals surface area (Å²) in [5.74, 6) is -2.10. The van der Waals surface area contributed by atoms with Gasteiger partial charge in [0.25, 0.3) is 5.91 Å². The van der Waals surface area contributed by atoms with Crippen LogP contribution < -0.4 is 5.32 Å². The van der Waals surface area contributed by atoms with Crippen LogP contribution in [0.1, 0.15) is 10.4 Å². The molecule has 0 aliphatic carbocycles. The number of hydrogen-bond donors (Lipinski definition) is 1. The molecule has 4 heteroatoms. The van der Waals surface area contributed by atoms with E-state index in [1.807, 2.05) is 0 Å². The fraction of sp³-hybridized carbons (Fsp3) is 0. The van der Waals surface area contributed by atoms with Gasteiger partial charge in [0.2, 0.25) is 0 Å². The summed E-state index contributed by atoms with van der Waals surface area (Å²) < 4.78 is 25.8. The molecule has 0 aliphatic rings. The van der Waals surface area contributed by atoms with Gasteiger partial charge >= 0.3 is 0 Å². The van der Waals surface area contributed by atoms with Crippen molar-refractivity contribution in [3.05, 3.63) is 65.7 Å². The number of benzene rings is 2. The van der Waals surface area contributed by atoms with Crippen LogP contribution >= 0.6 is 0 Å². The van der Waals surface area contributed by atoms with E-state index in [2.05, 4.69) is 5.32 Å². The molecule has 0 bridgehead atoms. The molecule has 1 amide bonds. The van der Waals surface area contributed by atoms with Crippen LogP contribution in [0.25, 0.3) is 0 Å².